The van der Waals surface area contributed by atoms with Gasteiger partial charge in [0.25, 0.3) is 5.91 Å². The Morgan fingerprint density at radius 3 is 2.68 bits per heavy atom. The minimum Gasteiger partial charge on any atom is -0.384 e. The fourth-order valence-electron chi connectivity index (χ4n) is 2.02. The van der Waals surface area contributed by atoms with Crippen LogP contribution in [0.15, 0.2) is 12.1 Å². The predicted octanol–water partition coefficient (Wildman–Crippen LogP) is 2.73. The maximum atomic E-state index is 12.3. The maximum absolute atomic E-state index is 12.3. The third-order valence-corrected chi connectivity index (χ3v) is 3.28. The highest BCUT2D eigenvalue weighted by molar-refractivity contribution is 5.94. The van der Waals surface area contributed by atoms with Crippen LogP contribution >= 0.6 is 0 Å². The highest BCUT2D eigenvalue weighted by Gasteiger charge is 2.15. The van der Waals surface area contributed by atoms with Crippen molar-refractivity contribution >= 4 is 11.7 Å². The number of anilines is 1. The van der Waals surface area contributed by atoms with Crippen molar-refractivity contribution in [1.29, 1.82) is 0 Å². The lowest BCUT2D eigenvalue weighted by Gasteiger charge is -2.21. The third-order valence-electron chi connectivity index (χ3n) is 3.28. The van der Waals surface area contributed by atoms with E-state index in [1.807, 2.05) is 13.1 Å². The van der Waals surface area contributed by atoms with Gasteiger partial charge in [0, 0.05) is 24.8 Å². The molecule has 1 aromatic heterocycles. The van der Waals surface area contributed by atoms with Crippen molar-refractivity contribution in [3.8, 4) is 0 Å². The average Bonchev–Trinajstić information content (AvgIpc) is 2.37. The summed E-state index contributed by atoms with van der Waals surface area (Å²) in [5.74, 6) is 0.946. The monoisotopic (exact) mass is 263 g/mol. The predicted molar refractivity (Wildman–Crippen MR) is 79.1 cm³/mol. The molecule has 1 rings (SSSR count). The van der Waals surface area contributed by atoms with E-state index in [9.17, 15) is 4.79 Å². The van der Waals surface area contributed by atoms with Crippen molar-refractivity contribution in [2.24, 2.45) is 5.92 Å². The molecule has 1 unspecified atom stereocenters. The van der Waals surface area contributed by atoms with E-state index >= 15 is 0 Å². The first-order chi connectivity index (χ1) is 8.97. The first-order valence-corrected chi connectivity index (χ1v) is 6.99. The van der Waals surface area contributed by atoms with Gasteiger partial charge in [-0.25, -0.2) is 4.98 Å². The van der Waals surface area contributed by atoms with E-state index in [0.29, 0.717) is 17.3 Å². The molecule has 0 aliphatic heterocycles. The Kier molecular flexibility index (Phi) is 5.80. The van der Waals surface area contributed by atoms with Gasteiger partial charge in [-0.05, 0) is 24.5 Å². The number of rotatable bonds is 6. The number of nitrogen functional groups attached to an aromatic ring is 1. The van der Waals surface area contributed by atoms with Gasteiger partial charge >= 0.3 is 0 Å². The van der Waals surface area contributed by atoms with Crippen molar-refractivity contribution in [2.75, 3.05) is 19.3 Å². The second-order valence-electron chi connectivity index (χ2n) is 5.22. The van der Waals surface area contributed by atoms with Crippen LogP contribution in [0.2, 0.25) is 0 Å². The summed E-state index contributed by atoms with van der Waals surface area (Å²) in [5, 5.41) is 0. The summed E-state index contributed by atoms with van der Waals surface area (Å²) >= 11 is 0. The Bertz CT molecular complexity index is 431. The van der Waals surface area contributed by atoms with Crippen molar-refractivity contribution in [1.82, 2.24) is 9.88 Å². The molecular weight excluding hydrogens is 238 g/mol. The number of aryl methyl sites for hydroxylation is 1. The molecule has 0 bridgehead atoms. The molecule has 0 fully saturated rings. The highest BCUT2D eigenvalue weighted by atomic mass is 16.2. The van der Waals surface area contributed by atoms with Crippen LogP contribution in [-0.4, -0.2) is 29.4 Å². The van der Waals surface area contributed by atoms with Gasteiger partial charge in [0.05, 0.1) is 0 Å². The molecule has 0 saturated carbocycles. The Morgan fingerprint density at radius 2 is 2.11 bits per heavy atom. The van der Waals surface area contributed by atoms with E-state index in [2.05, 4.69) is 25.8 Å². The molecule has 1 heterocycles. The molecule has 1 atom stereocenters. The summed E-state index contributed by atoms with van der Waals surface area (Å²) < 4.78 is 0. The van der Waals surface area contributed by atoms with Crippen molar-refractivity contribution in [3.05, 3.63) is 23.4 Å². The van der Waals surface area contributed by atoms with Crippen LogP contribution in [0.25, 0.3) is 0 Å². The Morgan fingerprint density at radius 1 is 1.42 bits per heavy atom. The zero-order valence-electron chi connectivity index (χ0n) is 12.4. The van der Waals surface area contributed by atoms with Crippen LogP contribution in [-0.2, 0) is 6.42 Å². The second kappa shape index (κ2) is 7.12. The number of amides is 1. The van der Waals surface area contributed by atoms with Gasteiger partial charge in [-0.15, -0.1) is 0 Å². The van der Waals surface area contributed by atoms with E-state index < -0.39 is 0 Å². The summed E-state index contributed by atoms with van der Waals surface area (Å²) in [6.45, 7) is 7.13. The van der Waals surface area contributed by atoms with Crippen LogP contribution in [0.3, 0.4) is 0 Å². The summed E-state index contributed by atoms with van der Waals surface area (Å²) in [6.07, 6.45) is 2.91. The number of carbonyl (C=O) groups excluding carboxylic acids is 1. The Hall–Kier alpha value is -1.58. The van der Waals surface area contributed by atoms with Gasteiger partial charge in [0.15, 0.2) is 0 Å². The number of hydrogen-bond acceptors (Lipinski definition) is 3. The van der Waals surface area contributed by atoms with E-state index in [-0.39, 0.29) is 5.91 Å². The first-order valence-electron chi connectivity index (χ1n) is 6.99. The molecule has 19 heavy (non-hydrogen) atoms. The molecule has 0 aliphatic rings. The lowest BCUT2D eigenvalue weighted by Crippen LogP contribution is -2.31. The van der Waals surface area contributed by atoms with Crippen molar-refractivity contribution in [2.45, 2.75) is 40.0 Å². The van der Waals surface area contributed by atoms with Gasteiger partial charge < -0.3 is 10.6 Å². The van der Waals surface area contributed by atoms with Crippen molar-refractivity contribution in [3.63, 3.8) is 0 Å². The number of nitrogens with zero attached hydrogens (tertiary/aromatic N) is 2. The number of hydrogen-bond donors (Lipinski definition) is 1. The van der Waals surface area contributed by atoms with E-state index in [4.69, 9.17) is 5.73 Å². The first kappa shape index (κ1) is 15.5. The second-order valence-corrected chi connectivity index (χ2v) is 5.22. The molecule has 106 valence electrons. The summed E-state index contributed by atoms with van der Waals surface area (Å²) in [6, 6.07) is 3.52. The summed E-state index contributed by atoms with van der Waals surface area (Å²) in [7, 11) is 1.84. The number of pyridine rings is 1. The highest BCUT2D eigenvalue weighted by Crippen LogP contribution is 2.13. The molecule has 0 radical (unpaired) electrons. The average molecular weight is 263 g/mol. The SMILES string of the molecule is CCCc1cc(C(=O)N(C)CC(C)CC)cc(N)n1. The molecule has 0 spiro atoms. The third kappa shape index (κ3) is 4.54. The van der Waals surface area contributed by atoms with Crippen molar-refractivity contribution < 1.29 is 4.79 Å². The molecule has 0 aromatic carbocycles. The minimum absolute atomic E-state index is 0.0201. The Balaban J connectivity index is 2.86. The van der Waals surface area contributed by atoms with Crippen LogP contribution in [0, 0.1) is 5.92 Å². The topological polar surface area (TPSA) is 59.2 Å². The molecule has 0 aliphatic carbocycles. The van der Waals surface area contributed by atoms with Gasteiger partial charge in [-0.1, -0.05) is 33.6 Å². The smallest absolute Gasteiger partial charge is 0.253 e. The molecule has 2 N–H and O–H groups in total. The normalized spacial score (nSPS) is 12.2. The fourth-order valence-corrected chi connectivity index (χ4v) is 2.02. The number of carbonyl (C=O) groups is 1. The molecule has 1 aromatic rings. The molecular formula is C15H25N3O. The maximum Gasteiger partial charge on any atom is 0.253 e. The van der Waals surface area contributed by atoms with Gasteiger partial charge in [-0.2, -0.15) is 0 Å². The van der Waals surface area contributed by atoms with Crippen LogP contribution in [0.5, 0.6) is 0 Å². The lowest BCUT2D eigenvalue weighted by molar-refractivity contribution is 0.0774. The van der Waals surface area contributed by atoms with Gasteiger partial charge in [0.1, 0.15) is 5.82 Å². The molecule has 4 nitrogen and oxygen atoms in total. The standard InChI is InChI=1S/C15H25N3O/c1-5-7-13-8-12(9-14(16)17-13)15(19)18(4)10-11(3)6-2/h8-9,11H,5-7,10H2,1-4H3,(H2,16,17). The summed E-state index contributed by atoms with van der Waals surface area (Å²) in [4.78, 5) is 18.4. The zero-order valence-corrected chi connectivity index (χ0v) is 12.4. The van der Waals surface area contributed by atoms with E-state index in [0.717, 1.165) is 31.5 Å². The minimum atomic E-state index is 0.0201. The summed E-state index contributed by atoms with van der Waals surface area (Å²) in [5.41, 5.74) is 7.31. The van der Waals surface area contributed by atoms with Crippen LogP contribution < -0.4 is 5.73 Å². The Labute approximate surface area is 116 Å². The largest absolute Gasteiger partial charge is 0.384 e. The quantitative estimate of drug-likeness (QED) is 0.858. The number of aromatic nitrogens is 1. The fraction of sp³-hybridized carbons (Fsp3) is 0.600. The van der Waals surface area contributed by atoms with Gasteiger partial charge in [-0.3, -0.25) is 4.79 Å². The molecule has 4 heteroatoms. The van der Waals surface area contributed by atoms with E-state index in [1.54, 1.807) is 11.0 Å². The van der Waals surface area contributed by atoms with Gasteiger partial charge in [0.2, 0.25) is 0 Å². The van der Waals surface area contributed by atoms with E-state index in [1.165, 1.54) is 0 Å². The zero-order chi connectivity index (χ0) is 14.4. The van der Waals surface area contributed by atoms with Crippen LogP contribution in [0.1, 0.15) is 49.7 Å². The van der Waals surface area contributed by atoms with Crippen LogP contribution in [0.4, 0.5) is 5.82 Å². The lowest BCUT2D eigenvalue weighted by atomic mass is 10.1. The number of nitrogens with two attached hydrogens (primary N) is 1. The molecule has 0 saturated heterocycles. The molecule has 1 amide bonds.